The summed E-state index contributed by atoms with van der Waals surface area (Å²) in [4.78, 5) is 25.0. The molecule has 0 saturated carbocycles. The second-order valence-electron chi connectivity index (χ2n) is 4.75. The molecule has 128 valence electrons. The first-order valence-electron chi connectivity index (χ1n) is 6.97. The van der Waals surface area contributed by atoms with Crippen molar-refractivity contribution in [3.8, 4) is 11.5 Å². The van der Waals surface area contributed by atoms with Gasteiger partial charge >= 0.3 is 11.9 Å². The van der Waals surface area contributed by atoms with Gasteiger partial charge < -0.3 is 18.9 Å². The summed E-state index contributed by atoms with van der Waals surface area (Å²) in [5.74, 6) is -0.420. The molecule has 1 aromatic carbocycles. The van der Waals surface area contributed by atoms with Crippen LogP contribution in [0, 0.1) is 0 Å². The van der Waals surface area contributed by atoms with Crippen molar-refractivity contribution in [3.05, 3.63) is 23.8 Å². The summed E-state index contributed by atoms with van der Waals surface area (Å²) < 4.78 is 20.2. The topological polar surface area (TPSA) is 71.1 Å². The van der Waals surface area contributed by atoms with E-state index in [0.29, 0.717) is 28.8 Å². The minimum Gasteiger partial charge on any atom is -0.493 e. The summed E-state index contributed by atoms with van der Waals surface area (Å²) in [6.45, 7) is 0. The quantitative estimate of drug-likeness (QED) is 0.387. The van der Waals surface area contributed by atoms with Crippen molar-refractivity contribution in [2.75, 3.05) is 33.8 Å². The molecule has 1 rings (SSSR count). The largest absolute Gasteiger partial charge is 0.493 e. The van der Waals surface area contributed by atoms with Crippen molar-refractivity contribution in [1.29, 1.82) is 0 Å². The molecule has 0 aliphatic rings. The fourth-order valence-corrected chi connectivity index (χ4v) is 2.73. The van der Waals surface area contributed by atoms with Crippen LogP contribution < -0.4 is 9.47 Å². The minimum absolute atomic E-state index is 0.243. The van der Waals surface area contributed by atoms with E-state index in [4.69, 9.17) is 18.9 Å². The van der Waals surface area contributed by atoms with Gasteiger partial charge in [-0.05, 0) is 30.5 Å². The zero-order valence-corrected chi connectivity index (χ0v) is 15.3. The van der Waals surface area contributed by atoms with Crippen molar-refractivity contribution in [3.63, 3.8) is 0 Å². The van der Waals surface area contributed by atoms with Gasteiger partial charge in [-0.15, -0.1) is 0 Å². The molecule has 0 radical (unpaired) electrons. The van der Waals surface area contributed by atoms with Gasteiger partial charge in [0.15, 0.2) is 16.9 Å². The van der Waals surface area contributed by atoms with Crippen molar-refractivity contribution < 1.29 is 28.5 Å². The first kappa shape index (κ1) is 19.3. The van der Waals surface area contributed by atoms with Crippen LogP contribution in [0.2, 0.25) is 0 Å². The molecular weight excluding hydrogens is 368 g/mol. The van der Waals surface area contributed by atoms with E-state index in [1.54, 1.807) is 18.2 Å². The van der Waals surface area contributed by atoms with Gasteiger partial charge in [0.05, 0.1) is 28.4 Å². The van der Waals surface area contributed by atoms with Gasteiger partial charge in [0.1, 0.15) is 0 Å². The Morgan fingerprint density at radius 2 is 1.57 bits per heavy atom. The highest BCUT2D eigenvalue weighted by Gasteiger charge is 2.49. The van der Waals surface area contributed by atoms with Crippen LogP contribution in [0.5, 0.6) is 11.5 Å². The Hall–Kier alpha value is -1.76. The number of esters is 2. The molecule has 0 N–H and O–H groups in total. The Bertz CT molecular complexity index is 542. The summed E-state index contributed by atoms with van der Waals surface area (Å²) in [6.07, 6.45) is 0.825. The maximum Gasteiger partial charge on any atom is 0.327 e. The lowest BCUT2D eigenvalue weighted by Gasteiger charge is -2.29. The number of rotatable bonds is 8. The molecule has 0 aliphatic carbocycles. The second-order valence-corrected chi connectivity index (χ2v) is 5.54. The predicted molar refractivity (Wildman–Crippen MR) is 88.3 cm³/mol. The molecule has 0 unspecified atom stereocenters. The summed E-state index contributed by atoms with van der Waals surface area (Å²) in [5.41, 5.74) is -1.11. The normalized spacial score (nSPS) is 10.8. The Kier molecular flexibility index (Phi) is 7.35. The minimum atomic E-state index is -1.54. The van der Waals surface area contributed by atoms with Crippen molar-refractivity contribution in [2.24, 2.45) is 0 Å². The van der Waals surface area contributed by atoms with Gasteiger partial charge in [0.25, 0.3) is 0 Å². The molecule has 0 saturated heterocycles. The lowest BCUT2D eigenvalue weighted by Crippen LogP contribution is -2.45. The van der Waals surface area contributed by atoms with Gasteiger partial charge in [0, 0.05) is 5.33 Å². The highest BCUT2D eigenvalue weighted by molar-refractivity contribution is 9.09. The third kappa shape index (κ3) is 3.77. The lowest BCUT2D eigenvalue weighted by atomic mass is 9.76. The average molecular weight is 389 g/mol. The fraction of sp³-hybridized carbons (Fsp3) is 0.500. The summed E-state index contributed by atoms with van der Waals surface area (Å²) in [5, 5.41) is 0.635. The molecule has 6 nitrogen and oxygen atoms in total. The summed E-state index contributed by atoms with van der Waals surface area (Å²) >= 11 is 3.32. The first-order valence-corrected chi connectivity index (χ1v) is 8.09. The number of benzene rings is 1. The SMILES string of the molecule is COC(=O)C(CCCBr)(C(=O)OC)c1ccc(OC)c(OC)c1. The number of halogens is 1. The molecule has 0 amide bonds. The number of carbonyl (C=O) groups is 2. The molecule has 23 heavy (non-hydrogen) atoms. The number of carbonyl (C=O) groups excluding carboxylic acids is 2. The molecule has 0 fully saturated rings. The predicted octanol–water partition coefficient (Wildman–Crippen LogP) is 2.46. The van der Waals surface area contributed by atoms with E-state index in [1.165, 1.54) is 28.4 Å². The standard InChI is InChI=1S/C16H21BrO6/c1-20-12-7-6-11(10-13(12)21-2)16(8-5-9-17,14(18)22-3)15(19)23-4/h6-7,10H,5,8-9H2,1-4H3. The van der Waals surface area contributed by atoms with E-state index in [1.807, 2.05) is 0 Å². The first-order chi connectivity index (χ1) is 11.0. The molecular formula is C16H21BrO6. The van der Waals surface area contributed by atoms with Crippen LogP contribution in [0.4, 0.5) is 0 Å². The van der Waals surface area contributed by atoms with Crippen LogP contribution in [-0.4, -0.2) is 45.7 Å². The fourth-order valence-electron chi connectivity index (χ4n) is 2.45. The van der Waals surface area contributed by atoms with Crippen molar-refractivity contribution in [2.45, 2.75) is 18.3 Å². The Labute approximate surface area is 144 Å². The van der Waals surface area contributed by atoms with E-state index in [-0.39, 0.29) is 6.42 Å². The summed E-state index contributed by atoms with van der Waals surface area (Å²) in [7, 11) is 5.48. The number of hydrogen-bond donors (Lipinski definition) is 0. The zero-order chi connectivity index (χ0) is 17.5. The Morgan fingerprint density at radius 3 is 2.00 bits per heavy atom. The Morgan fingerprint density at radius 1 is 1.00 bits per heavy atom. The van der Waals surface area contributed by atoms with E-state index >= 15 is 0 Å². The molecule has 7 heteroatoms. The van der Waals surface area contributed by atoms with Gasteiger partial charge in [0.2, 0.25) is 0 Å². The van der Waals surface area contributed by atoms with Crippen LogP contribution in [-0.2, 0) is 24.5 Å². The zero-order valence-electron chi connectivity index (χ0n) is 13.7. The maximum atomic E-state index is 12.5. The van der Waals surface area contributed by atoms with Crippen LogP contribution in [0.3, 0.4) is 0 Å². The van der Waals surface area contributed by atoms with Gasteiger partial charge in [-0.25, -0.2) is 0 Å². The smallest absolute Gasteiger partial charge is 0.327 e. The third-order valence-corrected chi connectivity index (χ3v) is 4.19. The van der Waals surface area contributed by atoms with Crippen molar-refractivity contribution in [1.82, 2.24) is 0 Å². The molecule has 0 aliphatic heterocycles. The Balaban J connectivity index is 3.54. The highest BCUT2D eigenvalue weighted by Crippen LogP contribution is 2.38. The maximum absolute atomic E-state index is 12.5. The number of alkyl halides is 1. The molecule has 0 bridgehead atoms. The van der Waals surface area contributed by atoms with E-state index in [2.05, 4.69) is 15.9 Å². The van der Waals surface area contributed by atoms with E-state index < -0.39 is 17.4 Å². The lowest BCUT2D eigenvalue weighted by molar-refractivity contribution is -0.162. The number of ether oxygens (including phenoxy) is 4. The van der Waals surface area contributed by atoms with Crippen LogP contribution >= 0.6 is 15.9 Å². The second kappa shape index (κ2) is 8.76. The average Bonchev–Trinajstić information content (AvgIpc) is 2.61. The monoisotopic (exact) mass is 388 g/mol. The van der Waals surface area contributed by atoms with Crippen LogP contribution in [0.25, 0.3) is 0 Å². The molecule has 0 heterocycles. The van der Waals surface area contributed by atoms with Crippen molar-refractivity contribution >= 4 is 27.9 Å². The summed E-state index contributed by atoms with van der Waals surface area (Å²) in [6, 6.07) is 4.88. The van der Waals surface area contributed by atoms with Gasteiger partial charge in [-0.3, -0.25) is 9.59 Å². The van der Waals surface area contributed by atoms with Gasteiger partial charge in [-0.1, -0.05) is 22.0 Å². The molecule has 0 spiro atoms. The van der Waals surface area contributed by atoms with Gasteiger partial charge in [-0.2, -0.15) is 0 Å². The number of hydrogen-bond acceptors (Lipinski definition) is 6. The molecule has 0 aromatic heterocycles. The van der Waals surface area contributed by atoms with E-state index in [0.717, 1.165) is 0 Å². The third-order valence-electron chi connectivity index (χ3n) is 3.63. The van der Waals surface area contributed by atoms with E-state index in [9.17, 15) is 9.59 Å². The van der Waals surface area contributed by atoms with Crippen LogP contribution in [0.15, 0.2) is 18.2 Å². The molecule has 0 atom stereocenters. The molecule has 1 aromatic rings. The van der Waals surface area contributed by atoms with Crippen LogP contribution in [0.1, 0.15) is 18.4 Å². The number of methoxy groups -OCH3 is 4. The highest BCUT2D eigenvalue weighted by atomic mass is 79.9.